The van der Waals surface area contributed by atoms with Crippen LogP contribution in [-0.2, 0) is 32.0 Å². The van der Waals surface area contributed by atoms with Crippen molar-refractivity contribution >= 4 is 47.1 Å². The number of carbonyl (C=O) groups is 6. The van der Waals surface area contributed by atoms with Crippen molar-refractivity contribution in [2.45, 2.75) is 130 Å². The van der Waals surface area contributed by atoms with Gasteiger partial charge in [0.25, 0.3) is 0 Å². The summed E-state index contributed by atoms with van der Waals surface area (Å²) in [6.45, 7) is 17.7. The van der Waals surface area contributed by atoms with Gasteiger partial charge >= 0.3 is 12.1 Å². The Morgan fingerprint density at radius 2 is 0.900 bits per heavy atom. The van der Waals surface area contributed by atoms with E-state index in [1.54, 1.807) is 62.0 Å². The van der Waals surface area contributed by atoms with Crippen LogP contribution in [0.15, 0.2) is 84.9 Å². The van der Waals surface area contributed by atoms with E-state index in [4.69, 9.17) is 0 Å². The Labute approximate surface area is 416 Å². The summed E-state index contributed by atoms with van der Waals surface area (Å²) in [5, 5.41) is 18.0. The summed E-state index contributed by atoms with van der Waals surface area (Å²) in [5.41, 5.74) is 2.12. The molecule has 0 bridgehead atoms. The number of nitrogens with zero attached hydrogens (tertiary/aromatic N) is 4. The van der Waals surface area contributed by atoms with Crippen LogP contribution in [0.2, 0.25) is 0 Å². The number of anilines is 2. The standard InChI is InChI=1S/C54H80N10O6/c1-37(55-9)47(65)59-45(53(3,4)5)49(67)63-31-17-23-43(63)35-61(33-29-39-19-13-11-14-20-39)51(69)57-41-25-27-42(28-26-41)58-52(70)62(34-30-40-21-15-12-16-22-40)36-44-24-18-32-64(44)50(68)46(54(6,7)8)60-48(66)38(2)56-10/h11-16,19-22,25-28,37-38,43-46,55-56H,17-18,23-24,29-36H2,1-10H3,(H,57,69)(H,58,70)(H,59,65)(H,60,66)/t37-,38-,43-,44+,45+,46+/m0/s1. The van der Waals surface area contributed by atoms with E-state index < -0.39 is 35.0 Å². The second-order valence-electron chi connectivity index (χ2n) is 21.1. The molecule has 0 spiro atoms. The first kappa shape index (κ1) is 54.9. The Bertz CT molecular complexity index is 2040. The summed E-state index contributed by atoms with van der Waals surface area (Å²) in [4.78, 5) is 90.2. The second kappa shape index (κ2) is 25.2. The third kappa shape index (κ3) is 15.5. The molecule has 16 nitrogen and oxygen atoms in total. The molecule has 2 aliphatic heterocycles. The number of urea groups is 2. The molecule has 2 saturated heterocycles. The van der Waals surface area contributed by atoms with Gasteiger partial charge in [-0.3, -0.25) is 19.2 Å². The highest BCUT2D eigenvalue weighted by Crippen LogP contribution is 2.29. The molecule has 2 aliphatic rings. The van der Waals surface area contributed by atoms with Crippen LogP contribution < -0.4 is 31.9 Å². The molecule has 3 aromatic rings. The Hall–Kier alpha value is -6.00. The zero-order valence-electron chi connectivity index (χ0n) is 43.3. The Morgan fingerprint density at radius 1 is 0.557 bits per heavy atom. The lowest BCUT2D eigenvalue weighted by Gasteiger charge is -2.37. The van der Waals surface area contributed by atoms with E-state index in [2.05, 4.69) is 31.9 Å². The molecule has 0 unspecified atom stereocenters. The third-order valence-corrected chi connectivity index (χ3v) is 13.6. The van der Waals surface area contributed by atoms with Crippen LogP contribution in [0.3, 0.4) is 0 Å². The Kier molecular flexibility index (Phi) is 19.8. The van der Waals surface area contributed by atoms with Crippen molar-refractivity contribution in [3.8, 4) is 0 Å². The molecule has 70 heavy (non-hydrogen) atoms. The number of amides is 8. The van der Waals surface area contributed by atoms with Crippen LogP contribution in [0, 0.1) is 10.8 Å². The van der Waals surface area contributed by atoms with Crippen molar-refractivity contribution in [2.24, 2.45) is 10.8 Å². The van der Waals surface area contributed by atoms with E-state index in [0.717, 1.165) is 36.8 Å². The predicted octanol–water partition coefficient (Wildman–Crippen LogP) is 6.10. The number of rotatable bonds is 20. The van der Waals surface area contributed by atoms with Crippen LogP contribution in [0.5, 0.6) is 0 Å². The number of nitrogens with one attached hydrogen (secondary N) is 6. The monoisotopic (exact) mass is 965 g/mol. The summed E-state index contributed by atoms with van der Waals surface area (Å²) in [6, 6.07) is 23.3. The fraction of sp³-hybridized carbons (Fsp3) is 0.556. The fourth-order valence-corrected chi connectivity index (χ4v) is 8.98. The Balaban J connectivity index is 1.30. The lowest BCUT2D eigenvalue weighted by Crippen LogP contribution is -2.59. The van der Waals surface area contributed by atoms with E-state index in [-0.39, 0.29) is 47.8 Å². The maximum absolute atomic E-state index is 14.3. The highest BCUT2D eigenvalue weighted by Gasteiger charge is 2.42. The van der Waals surface area contributed by atoms with Crippen molar-refractivity contribution in [1.82, 2.24) is 40.9 Å². The van der Waals surface area contributed by atoms with Crippen LogP contribution in [0.1, 0.15) is 92.2 Å². The van der Waals surface area contributed by atoms with E-state index in [9.17, 15) is 28.8 Å². The van der Waals surface area contributed by atoms with Gasteiger partial charge in [0.1, 0.15) is 12.1 Å². The normalized spacial score (nSPS) is 17.7. The fourth-order valence-electron chi connectivity index (χ4n) is 8.98. The molecule has 0 saturated carbocycles. The van der Waals surface area contributed by atoms with Crippen LogP contribution >= 0.6 is 0 Å². The van der Waals surface area contributed by atoms with E-state index in [1.165, 1.54) is 0 Å². The molecule has 0 radical (unpaired) electrons. The summed E-state index contributed by atoms with van der Waals surface area (Å²) in [5.74, 6) is -0.816. The highest BCUT2D eigenvalue weighted by atomic mass is 16.2. The van der Waals surface area contributed by atoms with Gasteiger partial charge in [0.15, 0.2) is 0 Å². The Morgan fingerprint density at radius 3 is 1.21 bits per heavy atom. The first-order valence-corrected chi connectivity index (χ1v) is 25.1. The lowest BCUT2D eigenvalue weighted by atomic mass is 9.85. The van der Waals surface area contributed by atoms with Gasteiger partial charge in [-0.05, 0) is 113 Å². The van der Waals surface area contributed by atoms with Crippen LogP contribution in [-0.4, -0.2) is 145 Å². The van der Waals surface area contributed by atoms with Crippen LogP contribution in [0.4, 0.5) is 21.0 Å². The van der Waals surface area contributed by atoms with Crippen molar-refractivity contribution in [3.63, 3.8) is 0 Å². The lowest BCUT2D eigenvalue weighted by molar-refractivity contribution is -0.140. The van der Waals surface area contributed by atoms with Gasteiger partial charge in [0.2, 0.25) is 23.6 Å². The van der Waals surface area contributed by atoms with Crippen molar-refractivity contribution in [2.75, 3.05) is 64.0 Å². The van der Waals surface area contributed by atoms with Gasteiger partial charge in [-0.1, -0.05) is 102 Å². The topological polar surface area (TPSA) is 188 Å². The first-order chi connectivity index (χ1) is 33.2. The van der Waals surface area contributed by atoms with Gasteiger partial charge in [-0.25, -0.2) is 9.59 Å². The first-order valence-electron chi connectivity index (χ1n) is 25.1. The minimum atomic E-state index is -0.751. The molecule has 0 aromatic heterocycles. The zero-order chi connectivity index (χ0) is 51.2. The molecule has 6 N–H and O–H groups in total. The van der Waals surface area contributed by atoms with Gasteiger partial charge in [0.05, 0.1) is 12.1 Å². The third-order valence-electron chi connectivity index (χ3n) is 13.6. The van der Waals surface area contributed by atoms with Crippen molar-refractivity contribution in [3.05, 3.63) is 96.1 Å². The minimum Gasteiger partial charge on any atom is -0.342 e. The predicted molar refractivity (Wildman–Crippen MR) is 277 cm³/mol. The van der Waals surface area contributed by atoms with E-state index in [1.807, 2.05) is 112 Å². The molecule has 8 amide bonds. The number of hydrogen-bond acceptors (Lipinski definition) is 8. The summed E-state index contributed by atoms with van der Waals surface area (Å²) >= 11 is 0. The number of benzene rings is 3. The van der Waals surface area contributed by atoms with Gasteiger partial charge < -0.3 is 51.5 Å². The molecule has 6 atom stereocenters. The van der Waals surface area contributed by atoms with Gasteiger partial charge in [-0.15, -0.1) is 0 Å². The number of likely N-dealkylation sites (N-methyl/N-ethyl adjacent to an activating group) is 2. The minimum absolute atomic E-state index is 0.157. The second-order valence-corrected chi connectivity index (χ2v) is 21.1. The van der Waals surface area contributed by atoms with Crippen molar-refractivity contribution in [1.29, 1.82) is 0 Å². The molecule has 382 valence electrons. The summed E-state index contributed by atoms with van der Waals surface area (Å²) < 4.78 is 0. The summed E-state index contributed by atoms with van der Waals surface area (Å²) in [6.07, 6.45) is 4.22. The van der Waals surface area contributed by atoms with Crippen LogP contribution in [0.25, 0.3) is 0 Å². The molecular weight excluding hydrogens is 885 g/mol. The number of likely N-dealkylation sites (tertiary alicyclic amines) is 2. The van der Waals surface area contributed by atoms with Gasteiger partial charge in [-0.2, -0.15) is 0 Å². The smallest absolute Gasteiger partial charge is 0.321 e. The molecule has 3 aromatic carbocycles. The number of hydrogen-bond donors (Lipinski definition) is 6. The maximum atomic E-state index is 14.3. The average molecular weight is 965 g/mol. The molecule has 16 heteroatoms. The summed E-state index contributed by atoms with van der Waals surface area (Å²) in [7, 11) is 3.41. The SMILES string of the molecule is CN[C@@H](C)C(=O)N[C@H](C(=O)N1CCC[C@@H]1CN(CCc1ccccc1)C(=O)Nc1ccc(NC(=O)N(CCc2ccccc2)C[C@@H]2CCCN2C(=O)[C@@H](NC(=O)[C@H](C)NC)C(C)(C)C)cc1)C(C)(C)C. The van der Waals surface area contributed by atoms with E-state index in [0.29, 0.717) is 63.5 Å². The molecule has 5 rings (SSSR count). The zero-order valence-corrected chi connectivity index (χ0v) is 43.3. The number of carbonyl (C=O) groups excluding carboxylic acids is 6. The molecule has 2 fully saturated rings. The average Bonchev–Trinajstić information content (AvgIpc) is 4.01. The highest BCUT2D eigenvalue weighted by molar-refractivity contribution is 5.93. The van der Waals surface area contributed by atoms with Gasteiger partial charge in [0, 0.05) is 62.7 Å². The maximum Gasteiger partial charge on any atom is 0.321 e. The molecule has 0 aliphatic carbocycles. The largest absolute Gasteiger partial charge is 0.342 e. The molecular formula is C54H80N10O6. The quantitative estimate of drug-likeness (QED) is 0.0785. The van der Waals surface area contributed by atoms with Crippen molar-refractivity contribution < 1.29 is 28.8 Å². The molecule has 2 heterocycles. The van der Waals surface area contributed by atoms with E-state index >= 15 is 0 Å².